The van der Waals surface area contributed by atoms with E-state index in [4.69, 9.17) is 9.72 Å². The second kappa shape index (κ2) is 10.1. The van der Waals surface area contributed by atoms with Crippen molar-refractivity contribution in [1.82, 2.24) is 20.2 Å². The molecule has 0 bridgehead atoms. The van der Waals surface area contributed by atoms with E-state index in [-0.39, 0.29) is 18.2 Å². The summed E-state index contributed by atoms with van der Waals surface area (Å²) in [5.74, 6) is 0.803. The minimum Gasteiger partial charge on any atom is -0.444 e. The van der Waals surface area contributed by atoms with E-state index in [1.54, 1.807) is 4.90 Å². The van der Waals surface area contributed by atoms with Crippen molar-refractivity contribution in [1.29, 1.82) is 0 Å². The maximum Gasteiger partial charge on any atom is 0.410 e. The molecule has 4 rings (SSSR count). The van der Waals surface area contributed by atoms with Gasteiger partial charge in [-0.15, -0.1) is 0 Å². The van der Waals surface area contributed by atoms with Gasteiger partial charge in [0.05, 0.1) is 0 Å². The van der Waals surface area contributed by atoms with Gasteiger partial charge in [-0.25, -0.2) is 19.6 Å². The molecule has 0 spiro atoms. The quantitative estimate of drug-likeness (QED) is 0.509. The minimum atomic E-state index is -0.519. The highest BCUT2D eigenvalue weighted by Crippen LogP contribution is 2.29. The van der Waals surface area contributed by atoms with Gasteiger partial charge >= 0.3 is 12.1 Å². The number of likely N-dealkylation sites (tertiary alicyclic amines) is 1. The van der Waals surface area contributed by atoms with Gasteiger partial charge in [0.1, 0.15) is 21.8 Å². The van der Waals surface area contributed by atoms with Gasteiger partial charge in [0.15, 0.2) is 5.13 Å². The van der Waals surface area contributed by atoms with Gasteiger partial charge in [0.2, 0.25) is 0 Å². The summed E-state index contributed by atoms with van der Waals surface area (Å²) >= 11 is 1.34. The maximum absolute atomic E-state index is 12.6. The van der Waals surface area contributed by atoms with Crippen LogP contribution >= 0.6 is 11.3 Å². The molecule has 0 unspecified atom stereocenters. The molecule has 1 aliphatic rings. The standard InChI is InChI=1S/C25H32N6O3S/c1-16-6-8-18(9-7-16)30(5)20-11-10-19-21(28-20)35-23(27-19)29-22(32)26-17-12-14-31(15-13-17)24(33)34-25(2,3)4/h6-11,17H,12-15H2,1-5H3,(H2,26,27,29,32). The molecule has 186 valence electrons. The molecule has 1 aliphatic heterocycles. The maximum atomic E-state index is 12.6. The third-order valence-corrected chi connectivity index (χ3v) is 6.59. The molecule has 3 amide bonds. The normalized spacial score (nSPS) is 14.6. The molecule has 2 N–H and O–H groups in total. The van der Waals surface area contributed by atoms with E-state index in [0.29, 0.717) is 31.1 Å². The highest BCUT2D eigenvalue weighted by atomic mass is 32.1. The lowest BCUT2D eigenvalue weighted by Gasteiger charge is -2.33. The Morgan fingerprint density at radius 1 is 1.09 bits per heavy atom. The Morgan fingerprint density at radius 2 is 1.77 bits per heavy atom. The van der Waals surface area contributed by atoms with Gasteiger partial charge in [-0.05, 0) is 64.8 Å². The van der Waals surface area contributed by atoms with Gasteiger partial charge in [-0.2, -0.15) is 0 Å². The average molecular weight is 497 g/mol. The lowest BCUT2D eigenvalue weighted by molar-refractivity contribution is 0.0202. The number of aromatic nitrogens is 2. The molecule has 1 aromatic carbocycles. The summed E-state index contributed by atoms with van der Waals surface area (Å²) in [7, 11) is 1.97. The number of carbonyl (C=O) groups excluding carboxylic acids is 2. The first kappa shape index (κ1) is 24.7. The fourth-order valence-corrected chi connectivity index (χ4v) is 4.63. The molecule has 0 saturated carbocycles. The summed E-state index contributed by atoms with van der Waals surface area (Å²) in [4.78, 5) is 38.5. The molecule has 1 saturated heterocycles. The predicted molar refractivity (Wildman–Crippen MR) is 140 cm³/mol. The van der Waals surface area contributed by atoms with Crippen LogP contribution in [0.25, 0.3) is 10.3 Å². The largest absolute Gasteiger partial charge is 0.444 e. The first-order valence-corrected chi connectivity index (χ1v) is 12.5. The van der Waals surface area contributed by atoms with Gasteiger partial charge in [0, 0.05) is 31.9 Å². The molecule has 0 aliphatic carbocycles. The van der Waals surface area contributed by atoms with Crippen LogP contribution < -0.4 is 15.5 Å². The molecule has 9 nitrogen and oxygen atoms in total. The molecule has 3 heterocycles. The van der Waals surface area contributed by atoms with Crippen LogP contribution in [0, 0.1) is 6.92 Å². The lowest BCUT2D eigenvalue weighted by Crippen LogP contribution is -2.48. The van der Waals surface area contributed by atoms with Crippen LogP contribution in [0.5, 0.6) is 0 Å². The fraction of sp³-hybridized carbons (Fsp3) is 0.440. The van der Waals surface area contributed by atoms with Gasteiger partial charge in [-0.1, -0.05) is 29.0 Å². The van der Waals surface area contributed by atoms with E-state index < -0.39 is 5.60 Å². The number of nitrogens with zero attached hydrogens (tertiary/aromatic N) is 4. The van der Waals surface area contributed by atoms with E-state index >= 15 is 0 Å². The fourth-order valence-electron chi connectivity index (χ4n) is 3.80. The van der Waals surface area contributed by atoms with Crippen molar-refractivity contribution in [2.45, 2.75) is 52.2 Å². The topological polar surface area (TPSA) is 99.7 Å². The SMILES string of the molecule is Cc1ccc(N(C)c2ccc3nc(NC(=O)NC4CCN(C(=O)OC(C)(C)C)CC4)sc3n2)cc1. The zero-order valence-corrected chi connectivity index (χ0v) is 21.6. The number of fused-ring (bicyclic) bond motifs is 1. The van der Waals surface area contributed by atoms with E-state index in [2.05, 4.69) is 46.8 Å². The first-order chi connectivity index (χ1) is 16.6. The smallest absolute Gasteiger partial charge is 0.410 e. The molecule has 2 aromatic heterocycles. The van der Waals surface area contributed by atoms with Crippen molar-refractivity contribution in [3.63, 3.8) is 0 Å². The number of anilines is 3. The molecular weight excluding hydrogens is 464 g/mol. The number of pyridine rings is 1. The molecule has 0 atom stereocenters. The predicted octanol–water partition coefficient (Wildman–Crippen LogP) is 5.29. The zero-order valence-electron chi connectivity index (χ0n) is 20.8. The molecule has 3 aromatic rings. The number of rotatable bonds is 4. The van der Waals surface area contributed by atoms with Crippen molar-refractivity contribution < 1.29 is 14.3 Å². The molecule has 1 fully saturated rings. The van der Waals surface area contributed by atoms with Crippen molar-refractivity contribution in [3.05, 3.63) is 42.0 Å². The zero-order chi connectivity index (χ0) is 25.2. The lowest BCUT2D eigenvalue weighted by atomic mass is 10.1. The number of hydrogen-bond donors (Lipinski definition) is 2. The Bertz CT molecular complexity index is 1200. The Balaban J connectivity index is 1.32. The summed E-state index contributed by atoms with van der Waals surface area (Å²) in [6.45, 7) is 8.70. The molecule has 35 heavy (non-hydrogen) atoms. The van der Waals surface area contributed by atoms with Gasteiger partial charge in [0.25, 0.3) is 0 Å². The van der Waals surface area contributed by atoms with Crippen molar-refractivity contribution >= 4 is 50.4 Å². The number of carbonyl (C=O) groups is 2. The number of hydrogen-bond acceptors (Lipinski definition) is 7. The summed E-state index contributed by atoms with van der Waals surface area (Å²) in [6, 6.07) is 11.8. The third kappa shape index (κ3) is 6.39. The highest BCUT2D eigenvalue weighted by Gasteiger charge is 2.27. The van der Waals surface area contributed by atoms with Crippen LogP contribution in [0.1, 0.15) is 39.2 Å². The van der Waals surface area contributed by atoms with Gasteiger partial charge < -0.3 is 19.9 Å². The Morgan fingerprint density at radius 3 is 2.43 bits per heavy atom. The number of urea groups is 1. The highest BCUT2D eigenvalue weighted by molar-refractivity contribution is 7.22. The number of aryl methyl sites for hydroxylation is 1. The van der Waals surface area contributed by atoms with Crippen molar-refractivity contribution in [2.24, 2.45) is 0 Å². The van der Waals surface area contributed by atoms with Crippen LogP contribution in [0.15, 0.2) is 36.4 Å². The van der Waals surface area contributed by atoms with Gasteiger partial charge in [-0.3, -0.25) is 5.32 Å². The van der Waals surface area contributed by atoms with Crippen LogP contribution in [0.2, 0.25) is 0 Å². The van der Waals surface area contributed by atoms with E-state index in [0.717, 1.165) is 21.9 Å². The van der Waals surface area contributed by atoms with E-state index in [9.17, 15) is 9.59 Å². The first-order valence-electron chi connectivity index (χ1n) is 11.7. The van der Waals surface area contributed by atoms with Crippen LogP contribution in [-0.2, 0) is 4.74 Å². The van der Waals surface area contributed by atoms with Crippen molar-refractivity contribution in [2.75, 3.05) is 30.4 Å². The summed E-state index contributed by atoms with van der Waals surface area (Å²) in [5, 5.41) is 6.31. The second-order valence-corrected chi connectivity index (χ2v) is 10.7. The third-order valence-electron chi connectivity index (χ3n) is 5.71. The number of benzene rings is 1. The second-order valence-electron chi connectivity index (χ2n) is 9.75. The van der Waals surface area contributed by atoms with Crippen molar-refractivity contribution in [3.8, 4) is 0 Å². The average Bonchev–Trinajstić information content (AvgIpc) is 3.19. The number of nitrogens with one attached hydrogen (secondary N) is 2. The minimum absolute atomic E-state index is 0.0176. The van der Waals surface area contributed by atoms with E-state index in [1.165, 1.54) is 16.9 Å². The number of ether oxygens (including phenoxy) is 1. The molecular formula is C25H32N6O3S. The Hall–Kier alpha value is -3.40. The number of thiazole rings is 1. The Labute approximate surface area is 209 Å². The van der Waals surface area contributed by atoms with Crippen LogP contribution in [0.4, 0.5) is 26.2 Å². The molecule has 10 heteroatoms. The number of amides is 3. The molecule has 0 radical (unpaired) electrons. The van der Waals surface area contributed by atoms with Crippen LogP contribution in [-0.4, -0.2) is 58.8 Å². The summed E-state index contributed by atoms with van der Waals surface area (Å²) < 4.78 is 5.43. The monoisotopic (exact) mass is 496 g/mol. The summed E-state index contributed by atoms with van der Waals surface area (Å²) in [6.07, 6.45) is 1.03. The van der Waals surface area contributed by atoms with E-state index in [1.807, 2.05) is 44.9 Å². The Kier molecular flexibility index (Phi) is 7.11. The summed E-state index contributed by atoms with van der Waals surface area (Å²) in [5.41, 5.74) is 2.46. The van der Waals surface area contributed by atoms with Crippen LogP contribution in [0.3, 0.4) is 0 Å². The number of piperidine rings is 1.